The number of hydrogen-bond donors (Lipinski definition) is 3. The average Bonchev–Trinajstić information content (AvgIpc) is 2.44. The Hall–Kier alpha value is -2.57. The number of carbonyl (C=O) groups excluding carboxylic acids is 2. The number of carbonyl (C=O) groups is 3. The molecule has 7 nitrogen and oxygen atoms in total. The number of para-hydroxylation sites is 1. The number of carboxylic acids is 1. The molecule has 0 atom stereocenters. The minimum Gasteiger partial charge on any atom is -0.481 e. The first-order chi connectivity index (χ1) is 10.0. The number of carboxylic acid groups (broad SMARTS) is 1. The molecule has 0 heterocycles. The predicted molar refractivity (Wildman–Crippen MR) is 76.1 cm³/mol. The van der Waals surface area contributed by atoms with E-state index in [1.807, 2.05) is 0 Å². The van der Waals surface area contributed by atoms with Crippen LogP contribution in [0.3, 0.4) is 0 Å². The minimum atomic E-state index is -0.906. The van der Waals surface area contributed by atoms with Gasteiger partial charge in [-0.05, 0) is 25.0 Å². The number of hydrogen-bond acceptors (Lipinski definition) is 4. The van der Waals surface area contributed by atoms with Crippen LogP contribution >= 0.6 is 0 Å². The highest BCUT2D eigenvalue weighted by atomic mass is 16.5. The lowest BCUT2D eigenvalue weighted by molar-refractivity contribution is -0.141. The van der Waals surface area contributed by atoms with Crippen LogP contribution in [0.25, 0.3) is 0 Å². The van der Waals surface area contributed by atoms with Crippen molar-refractivity contribution >= 4 is 23.7 Å². The fourth-order valence-corrected chi connectivity index (χ4v) is 1.63. The number of aryl methyl sites for hydroxylation is 1. The molecule has 0 aliphatic heterocycles. The zero-order chi connectivity index (χ0) is 15.7. The largest absolute Gasteiger partial charge is 0.481 e. The molecular formula is C14H18N2O5. The van der Waals surface area contributed by atoms with Gasteiger partial charge in [0.15, 0.2) is 0 Å². The molecule has 0 fully saturated rings. The van der Waals surface area contributed by atoms with Gasteiger partial charge in [0.25, 0.3) is 0 Å². The van der Waals surface area contributed by atoms with Crippen LogP contribution < -0.4 is 10.6 Å². The van der Waals surface area contributed by atoms with E-state index in [1.54, 1.807) is 31.2 Å². The summed E-state index contributed by atoms with van der Waals surface area (Å²) in [6.07, 6.45) is 0.285. The van der Waals surface area contributed by atoms with Crippen LogP contribution in [-0.4, -0.2) is 36.2 Å². The number of aliphatic carboxylic acids is 1. The highest BCUT2D eigenvalue weighted by molar-refractivity contribution is 5.92. The lowest BCUT2D eigenvalue weighted by atomic mass is 10.1. The van der Waals surface area contributed by atoms with E-state index in [-0.39, 0.29) is 19.6 Å². The molecule has 7 heteroatoms. The number of nitrogens with one attached hydrogen (secondary N) is 2. The van der Waals surface area contributed by atoms with Crippen LogP contribution in [0.2, 0.25) is 0 Å². The third kappa shape index (κ3) is 6.42. The molecule has 0 unspecified atom stereocenters. The first-order valence-corrected chi connectivity index (χ1v) is 6.53. The summed E-state index contributed by atoms with van der Waals surface area (Å²) in [5.41, 5.74) is 1.23. The summed E-state index contributed by atoms with van der Waals surface area (Å²) in [4.78, 5) is 33.4. The van der Waals surface area contributed by atoms with Crippen molar-refractivity contribution < 1.29 is 24.2 Å². The molecule has 0 bridgehead atoms. The molecule has 2 amide bonds. The van der Waals surface area contributed by atoms with Crippen molar-refractivity contribution in [2.45, 2.75) is 19.8 Å². The Morgan fingerprint density at radius 3 is 2.62 bits per heavy atom. The van der Waals surface area contributed by atoms with Crippen LogP contribution in [0.4, 0.5) is 10.5 Å². The Bertz CT molecular complexity index is 516. The van der Waals surface area contributed by atoms with Crippen molar-refractivity contribution in [1.29, 1.82) is 0 Å². The second kappa shape index (κ2) is 8.57. The molecule has 0 aromatic heterocycles. The smallest absolute Gasteiger partial charge is 0.325 e. The average molecular weight is 294 g/mol. The highest BCUT2D eigenvalue weighted by Crippen LogP contribution is 2.16. The molecular weight excluding hydrogens is 276 g/mol. The van der Waals surface area contributed by atoms with Crippen LogP contribution in [-0.2, 0) is 20.7 Å². The molecule has 0 spiro atoms. The Kier molecular flexibility index (Phi) is 6.73. The summed E-state index contributed by atoms with van der Waals surface area (Å²) in [6, 6.07) is 6.35. The van der Waals surface area contributed by atoms with E-state index in [4.69, 9.17) is 5.11 Å². The third-order valence-electron chi connectivity index (χ3n) is 2.57. The molecule has 114 valence electrons. The SMILES string of the molecule is CCOC(=O)CNC(=O)Nc1ccccc1CCC(=O)O. The molecule has 0 radical (unpaired) electrons. The Morgan fingerprint density at radius 1 is 1.24 bits per heavy atom. The van der Waals surface area contributed by atoms with E-state index in [2.05, 4.69) is 15.4 Å². The standard InChI is InChI=1S/C14H18N2O5/c1-2-21-13(19)9-15-14(20)16-11-6-4-3-5-10(11)7-8-12(17)18/h3-6H,2,7-9H2,1H3,(H,17,18)(H2,15,16,20). The van der Waals surface area contributed by atoms with Crippen LogP contribution in [0.15, 0.2) is 24.3 Å². The van der Waals surface area contributed by atoms with Gasteiger partial charge in [0.05, 0.1) is 6.61 Å². The van der Waals surface area contributed by atoms with Crippen molar-refractivity contribution in [2.24, 2.45) is 0 Å². The molecule has 1 rings (SSSR count). The van der Waals surface area contributed by atoms with Crippen molar-refractivity contribution in [1.82, 2.24) is 5.32 Å². The van der Waals surface area contributed by atoms with Gasteiger partial charge in [-0.15, -0.1) is 0 Å². The van der Waals surface area contributed by atoms with Crippen molar-refractivity contribution in [3.05, 3.63) is 29.8 Å². The summed E-state index contributed by atoms with van der Waals surface area (Å²) in [7, 11) is 0. The first-order valence-electron chi connectivity index (χ1n) is 6.53. The second-order valence-electron chi connectivity index (χ2n) is 4.16. The fraction of sp³-hybridized carbons (Fsp3) is 0.357. The Balaban J connectivity index is 2.55. The molecule has 0 aliphatic rings. The van der Waals surface area contributed by atoms with E-state index >= 15 is 0 Å². The van der Waals surface area contributed by atoms with Crippen molar-refractivity contribution in [2.75, 3.05) is 18.5 Å². The van der Waals surface area contributed by atoms with Crippen molar-refractivity contribution in [3.8, 4) is 0 Å². The number of urea groups is 1. The monoisotopic (exact) mass is 294 g/mol. The maximum absolute atomic E-state index is 11.7. The number of amides is 2. The summed E-state index contributed by atoms with van der Waals surface area (Å²) in [5.74, 6) is -1.43. The predicted octanol–water partition coefficient (Wildman–Crippen LogP) is 1.39. The molecule has 0 saturated heterocycles. The number of ether oxygens (including phenoxy) is 1. The van der Waals surface area contributed by atoms with Gasteiger partial charge in [0.1, 0.15) is 6.54 Å². The number of benzene rings is 1. The lowest BCUT2D eigenvalue weighted by Gasteiger charge is -2.11. The summed E-state index contributed by atoms with van der Waals surface area (Å²) >= 11 is 0. The van der Waals surface area contributed by atoms with Gasteiger partial charge < -0.3 is 20.5 Å². The topological polar surface area (TPSA) is 105 Å². The molecule has 3 N–H and O–H groups in total. The fourth-order valence-electron chi connectivity index (χ4n) is 1.63. The van der Waals surface area contributed by atoms with Gasteiger partial charge in [-0.2, -0.15) is 0 Å². The lowest BCUT2D eigenvalue weighted by Crippen LogP contribution is -2.34. The van der Waals surface area contributed by atoms with Crippen molar-refractivity contribution in [3.63, 3.8) is 0 Å². The highest BCUT2D eigenvalue weighted by Gasteiger charge is 2.09. The third-order valence-corrected chi connectivity index (χ3v) is 2.57. The van der Waals surface area contributed by atoms with E-state index in [0.29, 0.717) is 17.7 Å². The van der Waals surface area contributed by atoms with Gasteiger partial charge in [-0.25, -0.2) is 4.79 Å². The molecule has 1 aromatic carbocycles. The Labute approximate surface area is 122 Å². The van der Waals surface area contributed by atoms with E-state index in [1.165, 1.54) is 0 Å². The van der Waals surface area contributed by atoms with E-state index in [9.17, 15) is 14.4 Å². The number of rotatable bonds is 7. The van der Waals surface area contributed by atoms with E-state index in [0.717, 1.165) is 0 Å². The number of anilines is 1. The minimum absolute atomic E-state index is 0.0247. The van der Waals surface area contributed by atoms with Gasteiger partial charge in [-0.3, -0.25) is 9.59 Å². The normalized spacial score (nSPS) is 9.76. The van der Waals surface area contributed by atoms with Crippen LogP contribution in [0, 0.1) is 0 Å². The Morgan fingerprint density at radius 2 is 1.95 bits per heavy atom. The molecule has 0 saturated carbocycles. The summed E-state index contributed by atoms with van der Waals surface area (Å²) in [5, 5.41) is 13.6. The zero-order valence-corrected chi connectivity index (χ0v) is 11.7. The maximum atomic E-state index is 11.7. The second-order valence-corrected chi connectivity index (χ2v) is 4.16. The molecule has 21 heavy (non-hydrogen) atoms. The van der Waals surface area contributed by atoms with E-state index < -0.39 is 18.0 Å². The number of esters is 1. The summed E-state index contributed by atoms with van der Waals surface area (Å²) in [6.45, 7) is 1.70. The van der Waals surface area contributed by atoms with Gasteiger partial charge in [0, 0.05) is 12.1 Å². The van der Waals surface area contributed by atoms with Crippen LogP contribution in [0.5, 0.6) is 0 Å². The molecule has 0 aliphatic carbocycles. The van der Waals surface area contributed by atoms with Gasteiger partial charge >= 0.3 is 18.0 Å². The maximum Gasteiger partial charge on any atom is 0.325 e. The molecule has 1 aromatic rings. The summed E-state index contributed by atoms with van der Waals surface area (Å²) < 4.78 is 4.68. The van der Waals surface area contributed by atoms with Gasteiger partial charge in [0.2, 0.25) is 0 Å². The van der Waals surface area contributed by atoms with Gasteiger partial charge in [-0.1, -0.05) is 18.2 Å². The van der Waals surface area contributed by atoms with Crippen LogP contribution in [0.1, 0.15) is 18.9 Å². The zero-order valence-electron chi connectivity index (χ0n) is 11.7. The first kappa shape index (κ1) is 16.5. The quantitative estimate of drug-likeness (QED) is 0.659.